The standard InChI is InChI=1S/C15H24N4O2/c1-15(2,3)21-14(20)19-9-7-18(8-10-19)13-6-4-5-12(11-16)17-13/h4-6H,7-11,16H2,1-3H3. The smallest absolute Gasteiger partial charge is 0.410 e. The highest BCUT2D eigenvalue weighted by atomic mass is 16.6. The van der Waals surface area contributed by atoms with Crippen molar-refractivity contribution in [2.45, 2.75) is 32.9 Å². The van der Waals surface area contributed by atoms with Crippen molar-refractivity contribution in [1.82, 2.24) is 9.88 Å². The molecule has 1 fully saturated rings. The van der Waals surface area contributed by atoms with E-state index in [0.29, 0.717) is 19.6 Å². The molecule has 1 aromatic heterocycles. The number of ether oxygens (including phenoxy) is 1. The number of amides is 1. The number of pyridine rings is 1. The van der Waals surface area contributed by atoms with Gasteiger partial charge in [0.05, 0.1) is 5.69 Å². The van der Waals surface area contributed by atoms with Crippen molar-refractivity contribution in [1.29, 1.82) is 0 Å². The molecule has 2 rings (SSSR count). The Bertz CT molecular complexity index is 491. The molecule has 1 aromatic rings. The van der Waals surface area contributed by atoms with Gasteiger partial charge in [-0.2, -0.15) is 0 Å². The topological polar surface area (TPSA) is 71.7 Å². The Kier molecular flexibility index (Phi) is 4.67. The second-order valence-corrected chi connectivity index (χ2v) is 6.15. The third kappa shape index (κ3) is 4.32. The Labute approximate surface area is 125 Å². The lowest BCUT2D eigenvalue weighted by Gasteiger charge is -2.36. The van der Waals surface area contributed by atoms with Crippen molar-refractivity contribution in [2.24, 2.45) is 5.73 Å². The summed E-state index contributed by atoms with van der Waals surface area (Å²) in [7, 11) is 0. The van der Waals surface area contributed by atoms with Crippen LogP contribution in [0.25, 0.3) is 0 Å². The van der Waals surface area contributed by atoms with Crippen LogP contribution in [0.5, 0.6) is 0 Å². The first-order valence-corrected chi connectivity index (χ1v) is 7.28. The zero-order chi connectivity index (χ0) is 15.5. The van der Waals surface area contributed by atoms with Crippen LogP contribution >= 0.6 is 0 Å². The third-order valence-corrected chi connectivity index (χ3v) is 3.26. The van der Waals surface area contributed by atoms with Gasteiger partial charge in [0.2, 0.25) is 0 Å². The van der Waals surface area contributed by atoms with E-state index in [4.69, 9.17) is 10.5 Å². The predicted octanol–water partition coefficient (Wildman–Crippen LogP) is 1.60. The van der Waals surface area contributed by atoms with Crippen molar-refractivity contribution >= 4 is 11.9 Å². The minimum Gasteiger partial charge on any atom is -0.444 e. The molecule has 0 radical (unpaired) electrons. The average Bonchev–Trinajstić information content (AvgIpc) is 2.46. The molecule has 21 heavy (non-hydrogen) atoms. The Balaban J connectivity index is 1.92. The monoisotopic (exact) mass is 292 g/mol. The lowest BCUT2D eigenvalue weighted by molar-refractivity contribution is 0.0240. The molecule has 0 bridgehead atoms. The third-order valence-electron chi connectivity index (χ3n) is 3.26. The molecule has 2 heterocycles. The number of carbonyl (C=O) groups excluding carboxylic acids is 1. The lowest BCUT2D eigenvalue weighted by Crippen LogP contribution is -2.50. The zero-order valence-corrected chi connectivity index (χ0v) is 13.0. The van der Waals surface area contributed by atoms with Crippen molar-refractivity contribution in [3.05, 3.63) is 23.9 Å². The molecule has 6 heteroatoms. The van der Waals surface area contributed by atoms with Crippen molar-refractivity contribution in [3.8, 4) is 0 Å². The molecule has 6 nitrogen and oxygen atoms in total. The molecule has 0 saturated carbocycles. The van der Waals surface area contributed by atoms with Gasteiger partial charge >= 0.3 is 6.09 Å². The molecule has 0 aliphatic carbocycles. The maximum Gasteiger partial charge on any atom is 0.410 e. The van der Waals surface area contributed by atoms with Crippen LogP contribution in [0.3, 0.4) is 0 Å². The first-order valence-electron chi connectivity index (χ1n) is 7.28. The fraction of sp³-hybridized carbons (Fsp3) is 0.600. The number of hydrogen-bond acceptors (Lipinski definition) is 5. The second-order valence-electron chi connectivity index (χ2n) is 6.15. The maximum absolute atomic E-state index is 12.0. The lowest BCUT2D eigenvalue weighted by atomic mass is 10.2. The highest BCUT2D eigenvalue weighted by molar-refractivity contribution is 5.68. The Hall–Kier alpha value is -1.82. The summed E-state index contributed by atoms with van der Waals surface area (Å²) in [6.45, 7) is 8.86. The van der Waals surface area contributed by atoms with Gasteiger partial charge < -0.3 is 20.3 Å². The van der Waals surface area contributed by atoms with Gasteiger partial charge in [0.25, 0.3) is 0 Å². The Morgan fingerprint density at radius 2 is 1.95 bits per heavy atom. The number of nitrogens with two attached hydrogens (primary N) is 1. The number of rotatable bonds is 2. The number of aromatic nitrogens is 1. The Morgan fingerprint density at radius 3 is 2.52 bits per heavy atom. The normalized spacial score (nSPS) is 16.0. The van der Waals surface area contributed by atoms with E-state index in [1.807, 2.05) is 39.0 Å². The molecule has 2 N–H and O–H groups in total. The van der Waals surface area contributed by atoms with Crippen LogP contribution in [0, 0.1) is 0 Å². The highest BCUT2D eigenvalue weighted by Crippen LogP contribution is 2.16. The van der Waals surface area contributed by atoms with E-state index in [9.17, 15) is 4.79 Å². The average molecular weight is 292 g/mol. The van der Waals surface area contributed by atoms with Crippen molar-refractivity contribution in [3.63, 3.8) is 0 Å². The summed E-state index contributed by atoms with van der Waals surface area (Å²) < 4.78 is 5.39. The summed E-state index contributed by atoms with van der Waals surface area (Å²) in [5, 5.41) is 0. The predicted molar refractivity (Wildman–Crippen MR) is 82.1 cm³/mol. The molecule has 1 amide bonds. The first kappa shape index (κ1) is 15.6. The quantitative estimate of drug-likeness (QED) is 0.896. The van der Waals surface area contributed by atoms with Crippen LogP contribution in [-0.2, 0) is 11.3 Å². The Morgan fingerprint density at radius 1 is 1.29 bits per heavy atom. The maximum atomic E-state index is 12.0. The van der Waals surface area contributed by atoms with E-state index < -0.39 is 5.60 Å². The summed E-state index contributed by atoms with van der Waals surface area (Å²) in [4.78, 5) is 20.4. The fourth-order valence-electron chi connectivity index (χ4n) is 2.20. The highest BCUT2D eigenvalue weighted by Gasteiger charge is 2.26. The van der Waals surface area contributed by atoms with Crippen LogP contribution in [0.2, 0.25) is 0 Å². The molecule has 0 atom stereocenters. The van der Waals surface area contributed by atoms with Crippen LogP contribution in [0.1, 0.15) is 26.5 Å². The number of nitrogens with zero attached hydrogens (tertiary/aromatic N) is 3. The van der Waals surface area contributed by atoms with E-state index in [2.05, 4.69) is 9.88 Å². The van der Waals surface area contributed by atoms with Crippen LogP contribution in [0.4, 0.5) is 10.6 Å². The summed E-state index contributed by atoms with van der Waals surface area (Å²) in [5.41, 5.74) is 6.04. The summed E-state index contributed by atoms with van der Waals surface area (Å²) >= 11 is 0. The second kappa shape index (κ2) is 6.30. The van der Waals surface area contributed by atoms with Gasteiger partial charge in [-0.3, -0.25) is 0 Å². The molecule has 1 saturated heterocycles. The SMILES string of the molecule is CC(C)(C)OC(=O)N1CCN(c2cccc(CN)n2)CC1. The first-order chi connectivity index (χ1) is 9.89. The zero-order valence-electron chi connectivity index (χ0n) is 13.0. The van der Waals surface area contributed by atoms with E-state index in [1.54, 1.807) is 4.90 Å². The minimum atomic E-state index is -0.453. The van der Waals surface area contributed by atoms with Gasteiger partial charge in [0.1, 0.15) is 11.4 Å². The molecule has 0 spiro atoms. The largest absolute Gasteiger partial charge is 0.444 e. The van der Waals surface area contributed by atoms with Gasteiger partial charge in [-0.25, -0.2) is 9.78 Å². The van der Waals surface area contributed by atoms with Gasteiger partial charge in [-0.1, -0.05) is 6.07 Å². The summed E-state index contributed by atoms with van der Waals surface area (Å²) in [5.74, 6) is 0.918. The number of anilines is 1. The van der Waals surface area contributed by atoms with Gasteiger partial charge in [0, 0.05) is 32.7 Å². The van der Waals surface area contributed by atoms with E-state index in [-0.39, 0.29) is 6.09 Å². The number of hydrogen-bond donors (Lipinski definition) is 1. The molecule has 1 aliphatic rings. The molecule has 0 aromatic carbocycles. The van der Waals surface area contributed by atoms with E-state index >= 15 is 0 Å². The van der Waals surface area contributed by atoms with Crippen LogP contribution in [0.15, 0.2) is 18.2 Å². The van der Waals surface area contributed by atoms with Crippen LogP contribution < -0.4 is 10.6 Å². The molecular formula is C15H24N4O2. The molecule has 116 valence electrons. The number of piperazine rings is 1. The van der Waals surface area contributed by atoms with Crippen LogP contribution in [-0.4, -0.2) is 47.8 Å². The van der Waals surface area contributed by atoms with Crippen molar-refractivity contribution in [2.75, 3.05) is 31.1 Å². The molecule has 0 unspecified atom stereocenters. The minimum absolute atomic E-state index is 0.245. The van der Waals surface area contributed by atoms with Gasteiger partial charge in [-0.05, 0) is 32.9 Å². The van der Waals surface area contributed by atoms with Gasteiger partial charge in [-0.15, -0.1) is 0 Å². The van der Waals surface area contributed by atoms with Gasteiger partial charge in [0.15, 0.2) is 0 Å². The summed E-state index contributed by atoms with van der Waals surface area (Å²) in [6.07, 6.45) is -0.245. The van der Waals surface area contributed by atoms with Crippen molar-refractivity contribution < 1.29 is 9.53 Å². The number of carbonyl (C=O) groups is 1. The van der Waals surface area contributed by atoms with E-state index in [0.717, 1.165) is 24.6 Å². The summed E-state index contributed by atoms with van der Waals surface area (Å²) in [6, 6.07) is 5.85. The molecule has 1 aliphatic heterocycles. The molecular weight excluding hydrogens is 268 g/mol. The van der Waals surface area contributed by atoms with E-state index in [1.165, 1.54) is 0 Å². The fourth-order valence-corrected chi connectivity index (χ4v) is 2.20.